The van der Waals surface area contributed by atoms with E-state index >= 15 is 0 Å². The molecule has 0 unspecified atom stereocenters. The number of carbonyl (C=O) groups excluding carboxylic acids is 1. The molecule has 0 aliphatic carbocycles. The summed E-state index contributed by atoms with van der Waals surface area (Å²) < 4.78 is 10.8. The smallest absolute Gasteiger partial charge is 0.410 e. The van der Waals surface area contributed by atoms with Gasteiger partial charge in [0.2, 0.25) is 0 Å². The van der Waals surface area contributed by atoms with Gasteiger partial charge in [-0.2, -0.15) is 0 Å². The normalized spacial score (nSPS) is 16.1. The van der Waals surface area contributed by atoms with Crippen LogP contribution in [0.25, 0.3) is 0 Å². The van der Waals surface area contributed by atoms with Crippen LogP contribution in [0.5, 0.6) is 0 Å². The largest absolute Gasteiger partial charge is 0.467 e. The van der Waals surface area contributed by atoms with Gasteiger partial charge >= 0.3 is 6.09 Å². The Kier molecular flexibility index (Phi) is 8.63. The molecule has 1 aliphatic heterocycles. The fraction of sp³-hybridized carbons (Fsp3) is 0.700. The fourth-order valence-corrected chi connectivity index (χ4v) is 2.89. The summed E-state index contributed by atoms with van der Waals surface area (Å²) in [6.45, 7) is 14.1. The number of aliphatic imine (C=N–C) groups is 1. The summed E-state index contributed by atoms with van der Waals surface area (Å²) in [5.41, 5.74) is -0.442. The second kappa shape index (κ2) is 10.9. The summed E-state index contributed by atoms with van der Waals surface area (Å²) in [7, 11) is 0. The molecule has 0 bridgehead atoms. The van der Waals surface area contributed by atoms with E-state index in [0.717, 1.165) is 64.0 Å². The zero-order valence-electron chi connectivity index (χ0n) is 17.7. The van der Waals surface area contributed by atoms with Crippen molar-refractivity contribution in [3.63, 3.8) is 0 Å². The van der Waals surface area contributed by atoms with Crippen LogP contribution in [0, 0.1) is 0 Å². The lowest BCUT2D eigenvalue weighted by Gasteiger charge is -2.35. The average Bonchev–Trinajstić information content (AvgIpc) is 3.16. The number of ether oxygens (including phenoxy) is 1. The number of nitrogens with one attached hydrogen (secondary N) is 2. The van der Waals surface area contributed by atoms with E-state index in [1.54, 1.807) is 11.2 Å². The molecule has 1 aromatic rings. The molecule has 1 saturated heterocycles. The highest BCUT2D eigenvalue weighted by Crippen LogP contribution is 2.12. The van der Waals surface area contributed by atoms with Gasteiger partial charge in [-0.15, -0.1) is 0 Å². The number of hydrogen-bond donors (Lipinski definition) is 2. The number of furan rings is 1. The van der Waals surface area contributed by atoms with Gasteiger partial charge in [0.15, 0.2) is 5.96 Å². The summed E-state index contributed by atoms with van der Waals surface area (Å²) >= 11 is 0. The Morgan fingerprint density at radius 3 is 2.61 bits per heavy atom. The Bertz CT molecular complexity index is 602. The summed E-state index contributed by atoms with van der Waals surface area (Å²) in [5.74, 6) is 1.65. The van der Waals surface area contributed by atoms with Gasteiger partial charge < -0.3 is 24.7 Å². The highest BCUT2D eigenvalue weighted by Gasteiger charge is 2.25. The molecule has 158 valence electrons. The molecule has 1 amide bonds. The minimum Gasteiger partial charge on any atom is -0.467 e. The summed E-state index contributed by atoms with van der Waals surface area (Å²) in [6.07, 6.45) is 2.46. The average molecular weight is 394 g/mol. The van der Waals surface area contributed by atoms with Crippen molar-refractivity contribution in [2.75, 3.05) is 45.8 Å². The van der Waals surface area contributed by atoms with Crippen LogP contribution in [0.1, 0.15) is 39.9 Å². The maximum atomic E-state index is 12.1. The van der Waals surface area contributed by atoms with Gasteiger partial charge in [-0.1, -0.05) is 0 Å². The molecular formula is C20H35N5O3. The molecule has 0 atom stereocenters. The summed E-state index contributed by atoms with van der Waals surface area (Å²) in [4.78, 5) is 20.8. The number of nitrogens with zero attached hydrogens (tertiary/aromatic N) is 3. The van der Waals surface area contributed by atoms with E-state index in [1.807, 2.05) is 39.8 Å². The minimum absolute atomic E-state index is 0.211. The Morgan fingerprint density at radius 1 is 1.25 bits per heavy atom. The molecule has 1 fully saturated rings. The van der Waals surface area contributed by atoms with Crippen molar-refractivity contribution in [3.8, 4) is 0 Å². The van der Waals surface area contributed by atoms with Crippen LogP contribution in [0.4, 0.5) is 4.79 Å². The van der Waals surface area contributed by atoms with Crippen molar-refractivity contribution in [3.05, 3.63) is 24.2 Å². The molecule has 1 aliphatic rings. The number of hydrogen-bond acceptors (Lipinski definition) is 5. The Balaban J connectivity index is 1.64. The third kappa shape index (κ3) is 8.21. The van der Waals surface area contributed by atoms with E-state index in [1.165, 1.54) is 0 Å². The number of rotatable bonds is 7. The predicted octanol–water partition coefficient (Wildman–Crippen LogP) is 2.28. The van der Waals surface area contributed by atoms with E-state index in [9.17, 15) is 4.79 Å². The minimum atomic E-state index is -0.442. The first-order valence-electron chi connectivity index (χ1n) is 10.1. The third-order valence-electron chi connectivity index (χ3n) is 4.28. The van der Waals surface area contributed by atoms with E-state index in [2.05, 4.69) is 20.5 Å². The van der Waals surface area contributed by atoms with Crippen molar-refractivity contribution >= 4 is 12.1 Å². The van der Waals surface area contributed by atoms with Crippen molar-refractivity contribution < 1.29 is 13.9 Å². The van der Waals surface area contributed by atoms with Gasteiger partial charge in [-0.25, -0.2) is 9.79 Å². The van der Waals surface area contributed by atoms with Crippen LogP contribution >= 0.6 is 0 Å². The maximum absolute atomic E-state index is 12.1. The third-order valence-corrected chi connectivity index (χ3v) is 4.28. The quantitative estimate of drug-likeness (QED) is 0.420. The first kappa shape index (κ1) is 22.1. The van der Waals surface area contributed by atoms with Gasteiger partial charge in [0.1, 0.15) is 17.9 Å². The van der Waals surface area contributed by atoms with Crippen LogP contribution < -0.4 is 10.6 Å². The Morgan fingerprint density at radius 2 is 2.00 bits per heavy atom. The van der Waals surface area contributed by atoms with Gasteiger partial charge in [-0.3, -0.25) is 4.90 Å². The number of guanidine groups is 1. The molecule has 0 aromatic carbocycles. The van der Waals surface area contributed by atoms with Crippen LogP contribution in [-0.4, -0.2) is 73.3 Å². The van der Waals surface area contributed by atoms with Crippen molar-refractivity contribution in [1.29, 1.82) is 0 Å². The fourth-order valence-electron chi connectivity index (χ4n) is 2.89. The lowest BCUT2D eigenvalue weighted by molar-refractivity contribution is 0.0145. The monoisotopic (exact) mass is 393 g/mol. The molecule has 28 heavy (non-hydrogen) atoms. The molecule has 2 N–H and O–H groups in total. The highest BCUT2D eigenvalue weighted by molar-refractivity contribution is 5.79. The number of carbonyl (C=O) groups is 1. The first-order chi connectivity index (χ1) is 13.4. The van der Waals surface area contributed by atoms with Gasteiger partial charge in [0.05, 0.1) is 6.26 Å². The molecular weight excluding hydrogens is 358 g/mol. The van der Waals surface area contributed by atoms with Gasteiger partial charge in [-0.05, 0) is 52.8 Å². The molecule has 0 spiro atoms. The van der Waals surface area contributed by atoms with E-state index in [-0.39, 0.29) is 6.09 Å². The zero-order valence-corrected chi connectivity index (χ0v) is 17.7. The van der Waals surface area contributed by atoms with Crippen molar-refractivity contribution in [2.45, 2.75) is 46.3 Å². The van der Waals surface area contributed by atoms with Crippen molar-refractivity contribution in [2.24, 2.45) is 4.99 Å². The highest BCUT2D eigenvalue weighted by atomic mass is 16.6. The second-order valence-electron chi connectivity index (χ2n) is 7.86. The summed E-state index contributed by atoms with van der Waals surface area (Å²) in [5, 5.41) is 6.61. The molecule has 2 heterocycles. The first-order valence-corrected chi connectivity index (χ1v) is 10.1. The SMILES string of the molecule is CCNC(=NCc1ccco1)NCCCN1CCN(C(=O)OC(C)(C)C)CC1. The lowest BCUT2D eigenvalue weighted by Crippen LogP contribution is -2.50. The standard InChI is InChI=1S/C20H35N5O3/c1-5-21-18(23-16-17-8-6-15-27-17)22-9-7-10-24-11-13-25(14-12-24)19(26)28-20(2,3)4/h6,8,15H,5,7,9-14,16H2,1-4H3,(H2,21,22,23). The van der Waals surface area contributed by atoms with E-state index in [4.69, 9.17) is 9.15 Å². The molecule has 1 aromatic heterocycles. The number of piperazine rings is 1. The molecule has 0 radical (unpaired) electrons. The van der Waals surface area contributed by atoms with E-state index < -0.39 is 5.60 Å². The zero-order chi connectivity index (χ0) is 20.4. The van der Waals surface area contributed by atoms with Crippen LogP contribution in [-0.2, 0) is 11.3 Å². The molecule has 0 saturated carbocycles. The second-order valence-corrected chi connectivity index (χ2v) is 7.86. The summed E-state index contributed by atoms with van der Waals surface area (Å²) in [6, 6.07) is 3.79. The van der Waals surface area contributed by atoms with Gasteiger partial charge in [0, 0.05) is 39.3 Å². The van der Waals surface area contributed by atoms with Crippen LogP contribution in [0.3, 0.4) is 0 Å². The molecule has 8 heteroatoms. The molecule has 8 nitrogen and oxygen atoms in total. The maximum Gasteiger partial charge on any atom is 0.410 e. The Hall–Kier alpha value is -2.22. The topological polar surface area (TPSA) is 82.3 Å². The van der Waals surface area contributed by atoms with Crippen LogP contribution in [0.2, 0.25) is 0 Å². The van der Waals surface area contributed by atoms with Crippen molar-refractivity contribution in [1.82, 2.24) is 20.4 Å². The predicted molar refractivity (Wildman–Crippen MR) is 110 cm³/mol. The lowest BCUT2D eigenvalue weighted by atomic mass is 10.2. The Labute approximate surface area is 168 Å². The molecule has 2 rings (SSSR count). The number of amides is 1. The van der Waals surface area contributed by atoms with Crippen LogP contribution in [0.15, 0.2) is 27.8 Å². The van der Waals surface area contributed by atoms with E-state index in [0.29, 0.717) is 6.54 Å². The van der Waals surface area contributed by atoms with Gasteiger partial charge in [0.25, 0.3) is 0 Å².